The molecule has 2 fully saturated rings. The minimum atomic E-state index is 0.0659. The van der Waals surface area contributed by atoms with Crippen molar-refractivity contribution < 1.29 is 0 Å². The monoisotopic (exact) mass is 230 g/mol. The second kappa shape index (κ2) is 4.11. The number of rotatable bonds is 2. The SMILES string of the molecule is NC1CCC(N)([C@@H]2C[C@@H]2c2ccccc2)CC1. The van der Waals surface area contributed by atoms with Gasteiger partial charge in [-0.3, -0.25) is 0 Å². The molecule has 3 rings (SSSR count). The maximum atomic E-state index is 6.60. The van der Waals surface area contributed by atoms with Gasteiger partial charge in [-0.25, -0.2) is 0 Å². The van der Waals surface area contributed by atoms with E-state index in [0.29, 0.717) is 17.9 Å². The molecule has 2 aliphatic carbocycles. The van der Waals surface area contributed by atoms with Crippen molar-refractivity contribution in [3.63, 3.8) is 0 Å². The summed E-state index contributed by atoms with van der Waals surface area (Å²) in [6.45, 7) is 0. The lowest BCUT2D eigenvalue weighted by Gasteiger charge is -2.36. The van der Waals surface area contributed by atoms with Crippen LogP contribution < -0.4 is 11.5 Å². The molecule has 2 saturated carbocycles. The normalized spacial score (nSPS) is 41.2. The van der Waals surface area contributed by atoms with Crippen molar-refractivity contribution in [1.82, 2.24) is 0 Å². The first-order valence-corrected chi connectivity index (χ1v) is 6.78. The molecule has 17 heavy (non-hydrogen) atoms. The third-order valence-electron chi connectivity index (χ3n) is 4.72. The maximum absolute atomic E-state index is 6.60. The topological polar surface area (TPSA) is 52.0 Å². The second-order valence-electron chi connectivity index (χ2n) is 5.93. The highest BCUT2D eigenvalue weighted by atomic mass is 14.8. The molecule has 92 valence electrons. The Morgan fingerprint density at radius 1 is 1.06 bits per heavy atom. The molecule has 1 aromatic rings. The molecule has 4 N–H and O–H groups in total. The van der Waals surface area contributed by atoms with Crippen LogP contribution in [0.25, 0.3) is 0 Å². The Balaban J connectivity index is 1.68. The molecule has 0 aromatic heterocycles. The molecule has 0 amide bonds. The van der Waals surface area contributed by atoms with Crippen molar-refractivity contribution in [1.29, 1.82) is 0 Å². The predicted molar refractivity (Wildman–Crippen MR) is 70.7 cm³/mol. The Hall–Kier alpha value is -0.860. The van der Waals surface area contributed by atoms with E-state index in [1.165, 1.54) is 12.0 Å². The lowest BCUT2D eigenvalue weighted by molar-refractivity contribution is 0.239. The third kappa shape index (κ3) is 2.12. The quantitative estimate of drug-likeness (QED) is 0.819. The zero-order valence-corrected chi connectivity index (χ0v) is 10.3. The fraction of sp³-hybridized carbons (Fsp3) is 0.600. The lowest BCUT2D eigenvalue weighted by atomic mass is 9.76. The van der Waals surface area contributed by atoms with Gasteiger partial charge in [-0.15, -0.1) is 0 Å². The smallest absolute Gasteiger partial charge is 0.0190 e. The van der Waals surface area contributed by atoms with Crippen molar-refractivity contribution >= 4 is 0 Å². The molecule has 0 spiro atoms. The first-order valence-electron chi connectivity index (χ1n) is 6.78. The summed E-state index contributed by atoms with van der Waals surface area (Å²) in [5.41, 5.74) is 14.1. The molecule has 2 heteroatoms. The first kappa shape index (κ1) is 11.2. The Kier molecular flexibility index (Phi) is 2.72. The van der Waals surface area contributed by atoms with E-state index in [9.17, 15) is 0 Å². The van der Waals surface area contributed by atoms with Crippen molar-refractivity contribution in [3.05, 3.63) is 35.9 Å². The molecule has 0 aliphatic heterocycles. The number of benzene rings is 1. The van der Waals surface area contributed by atoms with Crippen molar-refractivity contribution in [2.24, 2.45) is 17.4 Å². The van der Waals surface area contributed by atoms with Crippen molar-refractivity contribution in [3.8, 4) is 0 Å². The summed E-state index contributed by atoms with van der Waals surface area (Å²) < 4.78 is 0. The lowest BCUT2D eigenvalue weighted by Crippen LogP contribution is -2.48. The minimum absolute atomic E-state index is 0.0659. The highest BCUT2D eigenvalue weighted by molar-refractivity contribution is 5.28. The zero-order valence-electron chi connectivity index (χ0n) is 10.3. The van der Waals surface area contributed by atoms with Gasteiger partial charge < -0.3 is 11.5 Å². The molecule has 0 unspecified atom stereocenters. The number of nitrogens with two attached hydrogens (primary N) is 2. The Bertz CT molecular complexity index is 379. The van der Waals surface area contributed by atoms with Crippen LogP contribution in [0.1, 0.15) is 43.6 Å². The first-order chi connectivity index (χ1) is 8.19. The van der Waals surface area contributed by atoms with E-state index in [2.05, 4.69) is 30.3 Å². The highest BCUT2D eigenvalue weighted by Crippen LogP contribution is 2.56. The predicted octanol–water partition coefficient (Wildman–Crippen LogP) is 2.39. The van der Waals surface area contributed by atoms with Gasteiger partial charge in [-0.05, 0) is 49.5 Å². The molecule has 0 saturated heterocycles. The third-order valence-corrected chi connectivity index (χ3v) is 4.72. The number of hydrogen-bond acceptors (Lipinski definition) is 2. The van der Waals surface area contributed by atoms with Crippen LogP contribution >= 0.6 is 0 Å². The summed E-state index contributed by atoms with van der Waals surface area (Å²) in [5, 5.41) is 0. The molecule has 2 nitrogen and oxygen atoms in total. The van der Waals surface area contributed by atoms with Gasteiger partial charge in [0, 0.05) is 11.6 Å². The van der Waals surface area contributed by atoms with Crippen molar-refractivity contribution in [2.45, 2.75) is 49.6 Å². The largest absolute Gasteiger partial charge is 0.328 e. The second-order valence-corrected chi connectivity index (χ2v) is 5.93. The van der Waals surface area contributed by atoms with Gasteiger partial charge in [0.05, 0.1) is 0 Å². The van der Waals surface area contributed by atoms with Gasteiger partial charge in [0.25, 0.3) is 0 Å². The molecule has 0 radical (unpaired) electrons. The van der Waals surface area contributed by atoms with E-state index in [4.69, 9.17) is 11.5 Å². The molecule has 0 bridgehead atoms. The van der Waals surface area contributed by atoms with Gasteiger partial charge in [0.15, 0.2) is 0 Å². The fourth-order valence-corrected chi connectivity index (χ4v) is 3.45. The van der Waals surface area contributed by atoms with Crippen LogP contribution in [0.5, 0.6) is 0 Å². The highest BCUT2D eigenvalue weighted by Gasteiger charge is 2.51. The Morgan fingerprint density at radius 2 is 1.71 bits per heavy atom. The van der Waals surface area contributed by atoms with Crippen LogP contribution in [0, 0.1) is 5.92 Å². The van der Waals surface area contributed by atoms with Gasteiger partial charge in [0.2, 0.25) is 0 Å². The molecule has 2 aliphatic rings. The summed E-state index contributed by atoms with van der Waals surface area (Å²) in [5.74, 6) is 1.40. The summed E-state index contributed by atoms with van der Waals surface area (Å²) >= 11 is 0. The van der Waals surface area contributed by atoms with E-state index in [1.54, 1.807) is 0 Å². The Morgan fingerprint density at radius 3 is 2.35 bits per heavy atom. The van der Waals surface area contributed by atoms with E-state index >= 15 is 0 Å². The standard InChI is InChI=1S/C15H22N2/c16-12-6-8-15(17,9-7-12)14-10-13(14)11-4-2-1-3-5-11/h1-5,12-14H,6-10,16-17H2/t12?,13-,14-,15?/m1/s1. The minimum Gasteiger partial charge on any atom is -0.328 e. The molecular formula is C15H22N2. The van der Waals surface area contributed by atoms with Crippen LogP contribution in [0.15, 0.2) is 30.3 Å². The molecule has 0 heterocycles. The van der Waals surface area contributed by atoms with Gasteiger partial charge in [0.1, 0.15) is 0 Å². The van der Waals surface area contributed by atoms with Gasteiger partial charge in [-0.1, -0.05) is 30.3 Å². The average molecular weight is 230 g/mol. The average Bonchev–Trinajstić information content (AvgIpc) is 3.15. The van der Waals surface area contributed by atoms with Crippen LogP contribution in [0.4, 0.5) is 0 Å². The van der Waals surface area contributed by atoms with E-state index < -0.39 is 0 Å². The van der Waals surface area contributed by atoms with Crippen LogP contribution in [-0.4, -0.2) is 11.6 Å². The van der Waals surface area contributed by atoms with E-state index in [1.807, 2.05) is 0 Å². The Labute approximate surface area is 103 Å². The number of hydrogen-bond donors (Lipinski definition) is 2. The van der Waals surface area contributed by atoms with Crippen LogP contribution in [0.2, 0.25) is 0 Å². The maximum Gasteiger partial charge on any atom is 0.0190 e. The summed E-state index contributed by atoms with van der Waals surface area (Å²) in [4.78, 5) is 0. The van der Waals surface area contributed by atoms with E-state index in [0.717, 1.165) is 25.7 Å². The van der Waals surface area contributed by atoms with Crippen LogP contribution in [0.3, 0.4) is 0 Å². The van der Waals surface area contributed by atoms with Crippen LogP contribution in [-0.2, 0) is 0 Å². The van der Waals surface area contributed by atoms with Gasteiger partial charge in [-0.2, -0.15) is 0 Å². The zero-order chi connectivity index (χ0) is 11.9. The summed E-state index contributed by atoms with van der Waals surface area (Å²) in [6, 6.07) is 11.2. The summed E-state index contributed by atoms with van der Waals surface area (Å²) in [7, 11) is 0. The van der Waals surface area contributed by atoms with E-state index in [-0.39, 0.29) is 5.54 Å². The van der Waals surface area contributed by atoms with Crippen molar-refractivity contribution in [2.75, 3.05) is 0 Å². The molecule has 1 aromatic carbocycles. The molecular weight excluding hydrogens is 208 g/mol. The van der Waals surface area contributed by atoms with Gasteiger partial charge >= 0.3 is 0 Å². The fourth-order valence-electron chi connectivity index (χ4n) is 3.45. The summed E-state index contributed by atoms with van der Waals surface area (Å²) in [6.07, 6.45) is 5.71. The molecule has 2 atom stereocenters.